The Labute approximate surface area is 93.7 Å². The predicted molar refractivity (Wildman–Crippen MR) is 67.5 cm³/mol. The van der Waals surface area contributed by atoms with E-state index in [9.17, 15) is 0 Å². The summed E-state index contributed by atoms with van der Waals surface area (Å²) in [5.74, 6) is 0. The Bertz CT molecular complexity index is 47.9. The highest BCUT2D eigenvalue weighted by molar-refractivity contribution is 4.22. The number of aliphatic hydroxyl groups is 3. The predicted octanol–water partition coefficient (Wildman–Crippen LogP) is -0.522. The summed E-state index contributed by atoms with van der Waals surface area (Å²) in [6.45, 7) is 14.9. The van der Waals surface area contributed by atoms with E-state index in [2.05, 4.69) is 26.3 Å². The van der Waals surface area contributed by atoms with Gasteiger partial charge in [0.2, 0.25) is 0 Å². The Morgan fingerprint density at radius 1 is 0.800 bits per heavy atom. The van der Waals surface area contributed by atoms with E-state index in [1.54, 1.807) is 0 Å². The third kappa shape index (κ3) is 1030. The molecule has 0 fully saturated rings. The summed E-state index contributed by atoms with van der Waals surface area (Å²) in [5.41, 5.74) is 9.62. The second kappa shape index (κ2) is 109. The molecule has 0 saturated heterocycles. The lowest BCUT2D eigenvalue weighted by atomic mass is 10.8. The molecule has 0 heterocycles. The van der Waals surface area contributed by atoms with Crippen LogP contribution >= 0.6 is 0 Å². The van der Waals surface area contributed by atoms with Crippen molar-refractivity contribution in [3.63, 3.8) is 0 Å². The first-order chi connectivity index (χ1) is 7.24. The summed E-state index contributed by atoms with van der Waals surface area (Å²) in [6.07, 6.45) is 0. The van der Waals surface area contributed by atoms with Crippen LogP contribution < -0.4 is 11.5 Å². The van der Waals surface area contributed by atoms with Gasteiger partial charge in [0.05, 0.1) is 19.8 Å². The van der Waals surface area contributed by atoms with E-state index in [4.69, 9.17) is 26.8 Å². The van der Waals surface area contributed by atoms with Gasteiger partial charge < -0.3 is 26.8 Å². The molecule has 0 radical (unpaired) electrons. The molecule has 96 valence electrons. The molecule has 7 N–H and O–H groups in total. The first-order valence-corrected chi connectivity index (χ1v) is 4.47. The van der Waals surface area contributed by atoms with E-state index in [1.807, 2.05) is 6.92 Å². The molecule has 0 saturated carbocycles. The number of hydrogen-bond donors (Lipinski definition) is 5. The zero-order valence-electron chi connectivity index (χ0n) is 9.86. The summed E-state index contributed by atoms with van der Waals surface area (Å²) in [6, 6.07) is 0. The second-order valence-electron chi connectivity index (χ2n) is 1.37. The first-order valence-electron chi connectivity index (χ1n) is 4.47. The van der Waals surface area contributed by atoms with E-state index >= 15 is 0 Å². The molecule has 0 rings (SSSR count). The van der Waals surface area contributed by atoms with Crippen molar-refractivity contribution in [2.24, 2.45) is 11.5 Å². The molecule has 5 nitrogen and oxygen atoms in total. The number of hydrogen-bond acceptors (Lipinski definition) is 5. The molecular weight excluding hydrogens is 196 g/mol. The SMILES string of the molecule is C=C.C=C.CCN.NCCO.OCCO. The van der Waals surface area contributed by atoms with Crippen molar-refractivity contribution in [3.05, 3.63) is 26.3 Å². The topological polar surface area (TPSA) is 113 Å². The summed E-state index contributed by atoms with van der Waals surface area (Å²) >= 11 is 0. The molecule has 0 aromatic rings. The highest BCUT2D eigenvalue weighted by Gasteiger charge is 1.58. The van der Waals surface area contributed by atoms with Gasteiger partial charge in [0, 0.05) is 6.54 Å². The molecule has 0 aromatic heterocycles. The molecule has 0 aliphatic heterocycles. The summed E-state index contributed by atoms with van der Waals surface area (Å²) in [5, 5.41) is 23.0. The van der Waals surface area contributed by atoms with E-state index in [0.717, 1.165) is 6.54 Å². The molecule has 0 atom stereocenters. The molecular formula is C10H28N2O3. The van der Waals surface area contributed by atoms with Crippen molar-refractivity contribution in [1.29, 1.82) is 0 Å². The molecule has 0 amide bonds. The minimum atomic E-state index is -0.125. The zero-order valence-corrected chi connectivity index (χ0v) is 9.86. The Balaban J connectivity index is -0.0000000289. The molecule has 0 bridgehead atoms. The van der Waals surface area contributed by atoms with Crippen LogP contribution in [0, 0.1) is 0 Å². The molecule has 0 unspecified atom stereocenters. The van der Waals surface area contributed by atoms with E-state index < -0.39 is 0 Å². The maximum absolute atomic E-state index is 7.75. The van der Waals surface area contributed by atoms with Crippen LogP contribution in [0.3, 0.4) is 0 Å². The average Bonchev–Trinajstić information content (AvgIpc) is 2.35. The molecule has 0 aliphatic carbocycles. The molecule has 0 aromatic carbocycles. The minimum Gasteiger partial charge on any atom is -0.395 e. The largest absolute Gasteiger partial charge is 0.395 e. The minimum absolute atomic E-state index is 0.0972. The lowest BCUT2D eigenvalue weighted by Gasteiger charge is -1.71. The number of nitrogens with two attached hydrogens (primary N) is 2. The van der Waals surface area contributed by atoms with Crippen LogP contribution in [0.5, 0.6) is 0 Å². The summed E-state index contributed by atoms with van der Waals surface area (Å²) in [7, 11) is 0. The molecule has 5 heteroatoms. The fourth-order valence-electron chi connectivity index (χ4n) is 0. The third-order valence-electron chi connectivity index (χ3n) is 0.229. The van der Waals surface area contributed by atoms with Gasteiger partial charge in [-0.05, 0) is 6.54 Å². The van der Waals surface area contributed by atoms with Crippen molar-refractivity contribution in [2.45, 2.75) is 6.92 Å². The van der Waals surface area contributed by atoms with Crippen molar-refractivity contribution in [1.82, 2.24) is 0 Å². The lowest BCUT2D eigenvalue weighted by Crippen LogP contribution is -2.02. The highest BCUT2D eigenvalue weighted by Crippen LogP contribution is 1.39. The van der Waals surface area contributed by atoms with Crippen molar-refractivity contribution < 1.29 is 15.3 Å². The quantitative estimate of drug-likeness (QED) is 0.405. The standard InChI is InChI=1S/C2H7NO.C2H7N.C2H6O2.2C2H4/c3-1-2-4;1-2-3;3-1-2-4;2*1-2/h4H,1-3H2;2-3H2,1H3;3-4H,1-2H2;2*1-2H2. The van der Waals surface area contributed by atoms with Crippen molar-refractivity contribution in [3.8, 4) is 0 Å². The first kappa shape index (κ1) is 29.2. The lowest BCUT2D eigenvalue weighted by molar-refractivity contribution is 0.186. The summed E-state index contributed by atoms with van der Waals surface area (Å²) < 4.78 is 0. The van der Waals surface area contributed by atoms with Gasteiger partial charge in [-0.1, -0.05) is 6.92 Å². The maximum Gasteiger partial charge on any atom is 0.0662 e. The number of aliphatic hydroxyl groups excluding tert-OH is 3. The van der Waals surface area contributed by atoms with E-state index in [-0.39, 0.29) is 19.8 Å². The molecule has 15 heavy (non-hydrogen) atoms. The van der Waals surface area contributed by atoms with Crippen LogP contribution in [-0.4, -0.2) is 48.2 Å². The fraction of sp³-hybridized carbons (Fsp3) is 0.600. The second-order valence-corrected chi connectivity index (χ2v) is 1.37. The van der Waals surface area contributed by atoms with Crippen molar-refractivity contribution in [2.75, 3.05) is 32.9 Å². The van der Waals surface area contributed by atoms with Gasteiger partial charge in [0.25, 0.3) is 0 Å². The van der Waals surface area contributed by atoms with Gasteiger partial charge in [-0.25, -0.2) is 0 Å². The van der Waals surface area contributed by atoms with Crippen LogP contribution in [0.4, 0.5) is 0 Å². The molecule has 0 spiro atoms. The zero-order chi connectivity index (χ0) is 13.5. The third-order valence-corrected chi connectivity index (χ3v) is 0.229. The van der Waals surface area contributed by atoms with Gasteiger partial charge in [0.1, 0.15) is 0 Å². The number of rotatable bonds is 2. The van der Waals surface area contributed by atoms with Crippen LogP contribution in [0.25, 0.3) is 0 Å². The van der Waals surface area contributed by atoms with Crippen LogP contribution in [-0.2, 0) is 0 Å². The monoisotopic (exact) mass is 224 g/mol. The van der Waals surface area contributed by atoms with Gasteiger partial charge in [-0.15, -0.1) is 26.3 Å². The summed E-state index contributed by atoms with van der Waals surface area (Å²) in [4.78, 5) is 0. The van der Waals surface area contributed by atoms with Crippen LogP contribution in [0.1, 0.15) is 6.92 Å². The van der Waals surface area contributed by atoms with Gasteiger partial charge in [-0.2, -0.15) is 0 Å². The Hall–Kier alpha value is -0.720. The molecule has 0 aliphatic rings. The van der Waals surface area contributed by atoms with Crippen LogP contribution in [0.15, 0.2) is 26.3 Å². The fourth-order valence-corrected chi connectivity index (χ4v) is 0. The Kier molecular flexibility index (Phi) is 213. The van der Waals surface area contributed by atoms with Gasteiger partial charge in [0.15, 0.2) is 0 Å². The Morgan fingerprint density at radius 3 is 0.933 bits per heavy atom. The smallest absolute Gasteiger partial charge is 0.0662 e. The van der Waals surface area contributed by atoms with E-state index in [1.165, 1.54) is 0 Å². The highest BCUT2D eigenvalue weighted by atomic mass is 16.3. The average molecular weight is 224 g/mol. The maximum atomic E-state index is 7.75. The van der Waals surface area contributed by atoms with Gasteiger partial charge >= 0.3 is 0 Å². The van der Waals surface area contributed by atoms with Crippen molar-refractivity contribution >= 4 is 0 Å². The normalized spacial score (nSPS) is 5.73. The van der Waals surface area contributed by atoms with E-state index in [0.29, 0.717) is 6.54 Å². The Morgan fingerprint density at radius 2 is 0.933 bits per heavy atom. The van der Waals surface area contributed by atoms with Crippen LogP contribution in [0.2, 0.25) is 0 Å². The van der Waals surface area contributed by atoms with Gasteiger partial charge in [-0.3, -0.25) is 0 Å².